The number of fused-ring (bicyclic) bond motifs is 3. The number of carbonyl (C=O) groups excluding carboxylic acids is 1. The largest absolute Gasteiger partial charge is 0.493 e. The van der Waals surface area contributed by atoms with Gasteiger partial charge in [-0.1, -0.05) is 54.6 Å². The highest BCUT2D eigenvalue weighted by Gasteiger charge is 2.29. The van der Waals surface area contributed by atoms with Crippen molar-refractivity contribution in [1.82, 2.24) is 5.32 Å². The van der Waals surface area contributed by atoms with Gasteiger partial charge in [0.05, 0.1) is 13.2 Å². The van der Waals surface area contributed by atoms with Gasteiger partial charge in [-0.05, 0) is 46.9 Å². The molecule has 0 aliphatic heterocycles. The monoisotopic (exact) mass is 447 g/mol. The van der Waals surface area contributed by atoms with Crippen LogP contribution in [0.5, 0.6) is 11.5 Å². The van der Waals surface area contributed by atoms with E-state index in [1.165, 1.54) is 18.2 Å². The average Bonchev–Trinajstić information content (AvgIpc) is 3.15. The van der Waals surface area contributed by atoms with Crippen molar-refractivity contribution in [2.24, 2.45) is 0 Å². The Balaban J connectivity index is 1.40. The lowest BCUT2D eigenvalue weighted by molar-refractivity contribution is -0.139. The summed E-state index contributed by atoms with van der Waals surface area (Å²) in [5.74, 6) is -0.387. The molecular formula is C26H25NO6. The summed E-state index contributed by atoms with van der Waals surface area (Å²) in [5.41, 5.74) is 5.42. The Labute approximate surface area is 191 Å². The van der Waals surface area contributed by atoms with Crippen molar-refractivity contribution in [2.45, 2.75) is 18.9 Å². The molecule has 0 radical (unpaired) electrons. The average molecular weight is 447 g/mol. The fraction of sp³-hybridized carbons (Fsp3) is 0.231. The molecule has 7 heteroatoms. The van der Waals surface area contributed by atoms with Gasteiger partial charge in [-0.25, -0.2) is 9.59 Å². The van der Waals surface area contributed by atoms with Crippen molar-refractivity contribution in [3.63, 3.8) is 0 Å². The van der Waals surface area contributed by atoms with Gasteiger partial charge in [-0.2, -0.15) is 0 Å². The van der Waals surface area contributed by atoms with Crippen LogP contribution in [0.4, 0.5) is 4.79 Å². The van der Waals surface area contributed by atoms with E-state index in [1.807, 2.05) is 31.2 Å². The standard InChI is InChI=1S/C26H25NO6/c1-16(17-11-12-23(24(13-17)31-2)32-15-25(28)29)27-26(30)33-14-22-20-9-5-3-7-18(20)19-8-4-6-10-21(19)22/h3-13,16,22H,14-15H2,1-2H3,(H,27,30)(H,28,29). The Kier molecular flexibility index (Phi) is 6.49. The summed E-state index contributed by atoms with van der Waals surface area (Å²) in [6.45, 7) is 1.59. The zero-order valence-electron chi connectivity index (χ0n) is 18.4. The normalized spacial score (nSPS) is 12.9. The van der Waals surface area contributed by atoms with Crippen LogP contribution in [-0.4, -0.2) is 37.5 Å². The predicted molar refractivity (Wildman–Crippen MR) is 123 cm³/mol. The highest BCUT2D eigenvalue weighted by Crippen LogP contribution is 2.44. The zero-order chi connectivity index (χ0) is 23.4. The van der Waals surface area contributed by atoms with E-state index in [4.69, 9.17) is 19.3 Å². The number of amides is 1. The first-order valence-electron chi connectivity index (χ1n) is 10.6. The fourth-order valence-corrected chi connectivity index (χ4v) is 4.11. The first-order chi connectivity index (χ1) is 16.0. The number of nitrogens with one attached hydrogen (secondary N) is 1. The van der Waals surface area contributed by atoms with E-state index in [0.29, 0.717) is 11.5 Å². The van der Waals surface area contributed by atoms with E-state index >= 15 is 0 Å². The number of carboxylic acid groups (broad SMARTS) is 1. The number of hydrogen-bond acceptors (Lipinski definition) is 5. The summed E-state index contributed by atoms with van der Waals surface area (Å²) in [6.07, 6.45) is -0.519. The third kappa shape index (κ3) is 4.77. The number of ether oxygens (including phenoxy) is 3. The minimum absolute atomic E-state index is 0.00998. The van der Waals surface area contributed by atoms with Crippen LogP contribution < -0.4 is 14.8 Å². The van der Waals surface area contributed by atoms with E-state index in [9.17, 15) is 9.59 Å². The summed E-state index contributed by atoms with van der Waals surface area (Å²) in [5, 5.41) is 11.6. The highest BCUT2D eigenvalue weighted by molar-refractivity contribution is 5.79. The molecule has 0 spiro atoms. The minimum Gasteiger partial charge on any atom is -0.493 e. The Morgan fingerprint density at radius 2 is 1.61 bits per heavy atom. The molecule has 7 nitrogen and oxygen atoms in total. The third-order valence-corrected chi connectivity index (χ3v) is 5.72. The summed E-state index contributed by atoms with van der Waals surface area (Å²) < 4.78 is 16.1. The zero-order valence-corrected chi connectivity index (χ0v) is 18.4. The number of rotatable bonds is 8. The van der Waals surface area contributed by atoms with Crippen LogP contribution in [0.15, 0.2) is 66.7 Å². The number of aliphatic carboxylic acids is 1. The molecule has 0 saturated heterocycles. The molecule has 1 amide bonds. The van der Waals surface area contributed by atoms with Gasteiger partial charge in [0.1, 0.15) is 6.61 Å². The van der Waals surface area contributed by atoms with Gasteiger partial charge in [0.25, 0.3) is 0 Å². The van der Waals surface area contributed by atoms with Crippen molar-refractivity contribution in [3.8, 4) is 22.6 Å². The summed E-state index contributed by atoms with van der Waals surface area (Å²) in [7, 11) is 1.47. The van der Waals surface area contributed by atoms with E-state index in [-0.39, 0.29) is 18.6 Å². The molecule has 3 aromatic rings. The van der Waals surface area contributed by atoms with E-state index in [2.05, 4.69) is 29.6 Å². The quantitative estimate of drug-likeness (QED) is 0.517. The number of hydrogen-bond donors (Lipinski definition) is 2. The van der Waals surface area contributed by atoms with Gasteiger partial charge >= 0.3 is 12.1 Å². The van der Waals surface area contributed by atoms with E-state index in [0.717, 1.165) is 16.7 Å². The molecule has 2 N–H and O–H groups in total. The molecule has 0 bridgehead atoms. The van der Waals surface area contributed by atoms with Gasteiger partial charge in [-0.3, -0.25) is 0 Å². The Hall–Kier alpha value is -4.00. The Morgan fingerprint density at radius 3 is 2.21 bits per heavy atom. The number of alkyl carbamates (subject to hydrolysis) is 1. The second-order valence-corrected chi connectivity index (χ2v) is 7.78. The number of methoxy groups -OCH3 is 1. The Bertz CT molecular complexity index is 1130. The predicted octanol–water partition coefficient (Wildman–Crippen LogP) is 4.76. The van der Waals surface area contributed by atoms with Gasteiger partial charge < -0.3 is 24.6 Å². The SMILES string of the molecule is COc1cc(C(C)NC(=O)OCC2c3ccccc3-c3ccccc32)ccc1OCC(=O)O. The molecule has 1 aliphatic rings. The van der Waals surface area contributed by atoms with Gasteiger partial charge in [0.15, 0.2) is 18.1 Å². The molecule has 1 atom stereocenters. The maximum atomic E-state index is 12.6. The van der Waals surface area contributed by atoms with Crippen molar-refractivity contribution < 1.29 is 28.9 Å². The lowest BCUT2D eigenvalue weighted by Gasteiger charge is -2.18. The second-order valence-electron chi connectivity index (χ2n) is 7.78. The summed E-state index contributed by atoms with van der Waals surface area (Å²) >= 11 is 0. The minimum atomic E-state index is -1.08. The van der Waals surface area contributed by atoms with E-state index in [1.54, 1.807) is 18.2 Å². The lowest BCUT2D eigenvalue weighted by Crippen LogP contribution is -2.28. The first kappa shape index (κ1) is 22.2. The fourth-order valence-electron chi connectivity index (χ4n) is 4.11. The van der Waals surface area contributed by atoms with Gasteiger partial charge in [0, 0.05) is 5.92 Å². The number of benzene rings is 3. The van der Waals surface area contributed by atoms with Crippen LogP contribution in [0.2, 0.25) is 0 Å². The van der Waals surface area contributed by atoms with Crippen molar-refractivity contribution >= 4 is 12.1 Å². The lowest BCUT2D eigenvalue weighted by atomic mass is 9.98. The second kappa shape index (κ2) is 9.65. The molecule has 170 valence electrons. The molecule has 1 aliphatic carbocycles. The maximum absolute atomic E-state index is 12.6. The molecule has 33 heavy (non-hydrogen) atoms. The molecule has 0 aromatic heterocycles. The Morgan fingerprint density at radius 1 is 0.970 bits per heavy atom. The molecule has 4 rings (SSSR count). The third-order valence-electron chi connectivity index (χ3n) is 5.72. The van der Waals surface area contributed by atoms with Crippen LogP contribution in [0.3, 0.4) is 0 Å². The number of carbonyl (C=O) groups is 2. The highest BCUT2D eigenvalue weighted by atomic mass is 16.5. The first-order valence-corrected chi connectivity index (χ1v) is 10.6. The maximum Gasteiger partial charge on any atom is 0.407 e. The van der Waals surface area contributed by atoms with Crippen molar-refractivity contribution in [2.75, 3.05) is 20.3 Å². The smallest absolute Gasteiger partial charge is 0.407 e. The van der Waals surface area contributed by atoms with Crippen molar-refractivity contribution in [1.29, 1.82) is 0 Å². The van der Waals surface area contributed by atoms with Crippen LogP contribution in [-0.2, 0) is 9.53 Å². The van der Waals surface area contributed by atoms with Crippen LogP contribution >= 0.6 is 0 Å². The van der Waals surface area contributed by atoms with Crippen LogP contribution in [0.1, 0.15) is 35.6 Å². The van der Waals surface area contributed by atoms with Gasteiger partial charge in [0.2, 0.25) is 0 Å². The summed E-state index contributed by atoms with van der Waals surface area (Å²) in [4.78, 5) is 23.3. The van der Waals surface area contributed by atoms with Crippen LogP contribution in [0.25, 0.3) is 11.1 Å². The molecule has 1 unspecified atom stereocenters. The molecule has 0 saturated carbocycles. The molecule has 0 fully saturated rings. The summed E-state index contributed by atoms with van der Waals surface area (Å²) in [6, 6.07) is 21.1. The molecule has 3 aromatic carbocycles. The topological polar surface area (TPSA) is 94.1 Å². The molecular weight excluding hydrogens is 422 g/mol. The van der Waals surface area contributed by atoms with E-state index < -0.39 is 18.7 Å². The van der Waals surface area contributed by atoms with Crippen LogP contribution in [0, 0.1) is 0 Å². The van der Waals surface area contributed by atoms with Gasteiger partial charge in [-0.15, -0.1) is 0 Å². The number of carboxylic acids is 1. The van der Waals surface area contributed by atoms with Crippen molar-refractivity contribution in [3.05, 3.63) is 83.4 Å². The molecule has 0 heterocycles.